The Labute approximate surface area is 209 Å². The van der Waals surface area contributed by atoms with Crippen LogP contribution in [0.4, 0.5) is 10.1 Å². The first kappa shape index (κ1) is 26.0. The molecule has 0 aromatic heterocycles. The molecule has 0 bridgehead atoms. The van der Waals surface area contributed by atoms with Gasteiger partial charge in [-0.1, -0.05) is 53.5 Å². The van der Waals surface area contributed by atoms with Crippen LogP contribution in [0.3, 0.4) is 0 Å². The van der Waals surface area contributed by atoms with Crippen LogP contribution in [0.25, 0.3) is 0 Å². The summed E-state index contributed by atoms with van der Waals surface area (Å²) in [6.45, 7) is 1.77. The third-order valence-corrected chi connectivity index (χ3v) is 7.67. The summed E-state index contributed by atoms with van der Waals surface area (Å²) in [6.07, 6.45) is 2.44. The van der Waals surface area contributed by atoms with Gasteiger partial charge in [0, 0.05) is 16.6 Å². The summed E-state index contributed by atoms with van der Waals surface area (Å²) < 4.78 is 42.5. The molecule has 0 saturated carbocycles. The zero-order valence-electron chi connectivity index (χ0n) is 18.5. The molecule has 3 aromatic carbocycles. The van der Waals surface area contributed by atoms with E-state index in [9.17, 15) is 17.6 Å². The van der Waals surface area contributed by atoms with Gasteiger partial charge in [-0.15, -0.1) is 0 Å². The summed E-state index contributed by atoms with van der Waals surface area (Å²) >= 11 is 11.9. The summed E-state index contributed by atoms with van der Waals surface area (Å²) in [5.41, 5.74) is 0.896. The highest BCUT2D eigenvalue weighted by atomic mass is 35.5. The van der Waals surface area contributed by atoms with Crippen molar-refractivity contribution < 1.29 is 17.6 Å². The zero-order chi connectivity index (χ0) is 24.7. The molecular weight excluding hydrogens is 498 g/mol. The van der Waals surface area contributed by atoms with Gasteiger partial charge in [-0.25, -0.2) is 12.8 Å². The molecule has 3 rings (SSSR count). The van der Waals surface area contributed by atoms with E-state index in [0.29, 0.717) is 18.0 Å². The lowest BCUT2D eigenvalue weighted by Crippen LogP contribution is -2.48. The van der Waals surface area contributed by atoms with E-state index in [4.69, 9.17) is 23.2 Å². The summed E-state index contributed by atoms with van der Waals surface area (Å²) in [4.78, 5) is 12.8. The maximum atomic E-state index is 14.7. The Balaban J connectivity index is 1.77. The standard InChI is InChI=1S/C25H25Cl2FN2O3S/c1-18(25(31)29-16-6-5-9-19-7-3-2-4-8-19)30(24-17-21(27)12-15-23(24)28)34(32,33)22-13-10-20(26)11-14-22/h2-4,7-8,10-15,17-18H,5-6,9,16H2,1H3,(H,29,31). The van der Waals surface area contributed by atoms with E-state index < -0.39 is 27.8 Å². The number of hydrogen-bond donors (Lipinski definition) is 1. The van der Waals surface area contributed by atoms with E-state index >= 15 is 0 Å². The molecule has 1 atom stereocenters. The van der Waals surface area contributed by atoms with Gasteiger partial charge in [-0.05, 0) is 74.2 Å². The van der Waals surface area contributed by atoms with E-state index in [0.717, 1.165) is 23.2 Å². The molecule has 1 amide bonds. The van der Waals surface area contributed by atoms with Crippen LogP contribution in [0, 0.1) is 5.82 Å². The van der Waals surface area contributed by atoms with Gasteiger partial charge in [0.2, 0.25) is 5.91 Å². The third kappa shape index (κ3) is 6.50. The summed E-state index contributed by atoms with van der Waals surface area (Å²) in [6, 6.07) is 17.8. The van der Waals surface area contributed by atoms with Crippen molar-refractivity contribution in [2.75, 3.05) is 10.8 Å². The molecule has 0 spiro atoms. The summed E-state index contributed by atoms with van der Waals surface area (Å²) in [5, 5.41) is 3.25. The number of rotatable bonds is 10. The maximum absolute atomic E-state index is 14.7. The van der Waals surface area contributed by atoms with E-state index in [1.165, 1.54) is 48.9 Å². The van der Waals surface area contributed by atoms with Gasteiger partial charge in [-0.2, -0.15) is 0 Å². The monoisotopic (exact) mass is 522 g/mol. The van der Waals surface area contributed by atoms with Crippen LogP contribution < -0.4 is 9.62 Å². The van der Waals surface area contributed by atoms with Crippen molar-refractivity contribution in [3.8, 4) is 0 Å². The second-order valence-corrected chi connectivity index (χ2v) is 10.4. The number of benzene rings is 3. The number of unbranched alkanes of at least 4 members (excludes halogenated alkanes) is 1. The molecule has 1 unspecified atom stereocenters. The average Bonchev–Trinajstić information content (AvgIpc) is 2.82. The van der Waals surface area contributed by atoms with Crippen LogP contribution >= 0.6 is 23.2 Å². The number of sulfonamides is 1. The fourth-order valence-corrected chi connectivity index (χ4v) is 5.40. The molecule has 0 saturated heterocycles. The fourth-order valence-electron chi connectivity index (χ4n) is 3.49. The molecule has 5 nitrogen and oxygen atoms in total. The molecule has 0 aliphatic rings. The number of hydrogen-bond acceptors (Lipinski definition) is 3. The second-order valence-electron chi connectivity index (χ2n) is 7.76. The highest BCUT2D eigenvalue weighted by Crippen LogP contribution is 2.31. The molecule has 0 radical (unpaired) electrons. The van der Waals surface area contributed by atoms with Gasteiger partial charge < -0.3 is 5.32 Å². The topological polar surface area (TPSA) is 66.5 Å². The molecule has 0 fully saturated rings. The number of aryl methyl sites for hydroxylation is 1. The molecule has 1 N–H and O–H groups in total. The van der Waals surface area contributed by atoms with Crippen LogP contribution in [0.2, 0.25) is 10.0 Å². The first-order valence-electron chi connectivity index (χ1n) is 10.8. The molecule has 9 heteroatoms. The smallest absolute Gasteiger partial charge is 0.265 e. The number of carbonyl (C=O) groups excluding carboxylic acids is 1. The SMILES string of the molecule is CC(C(=O)NCCCCc1ccccc1)N(c1cc(Cl)ccc1F)S(=O)(=O)c1ccc(Cl)cc1. The van der Waals surface area contributed by atoms with Crippen molar-refractivity contribution in [3.63, 3.8) is 0 Å². The van der Waals surface area contributed by atoms with Crippen molar-refractivity contribution in [2.24, 2.45) is 0 Å². The van der Waals surface area contributed by atoms with Gasteiger partial charge in [0.15, 0.2) is 0 Å². The van der Waals surface area contributed by atoms with Crippen molar-refractivity contribution in [1.29, 1.82) is 0 Å². The Morgan fingerprint density at radius 1 is 0.971 bits per heavy atom. The molecule has 0 aliphatic heterocycles. The van der Waals surface area contributed by atoms with E-state index in [-0.39, 0.29) is 15.6 Å². The lowest BCUT2D eigenvalue weighted by molar-refractivity contribution is -0.121. The minimum atomic E-state index is -4.31. The number of halogens is 3. The van der Waals surface area contributed by atoms with Crippen LogP contribution in [0.1, 0.15) is 25.3 Å². The molecule has 34 heavy (non-hydrogen) atoms. The van der Waals surface area contributed by atoms with Gasteiger partial charge in [0.1, 0.15) is 11.9 Å². The predicted molar refractivity (Wildman–Crippen MR) is 134 cm³/mol. The minimum absolute atomic E-state index is 0.126. The first-order chi connectivity index (χ1) is 16.2. The van der Waals surface area contributed by atoms with Crippen LogP contribution in [-0.2, 0) is 21.2 Å². The Morgan fingerprint density at radius 3 is 2.29 bits per heavy atom. The Hall–Kier alpha value is -2.61. The van der Waals surface area contributed by atoms with Crippen molar-refractivity contribution in [2.45, 2.75) is 37.1 Å². The lowest BCUT2D eigenvalue weighted by atomic mass is 10.1. The average molecular weight is 523 g/mol. The Morgan fingerprint density at radius 2 is 1.62 bits per heavy atom. The van der Waals surface area contributed by atoms with E-state index in [2.05, 4.69) is 5.32 Å². The number of carbonyl (C=O) groups is 1. The van der Waals surface area contributed by atoms with Gasteiger partial charge in [-0.3, -0.25) is 9.10 Å². The third-order valence-electron chi connectivity index (χ3n) is 5.28. The lowest BCUT2D eigenvalue weighted by Gasteiger charge is -2.30. The number of nitrogens with one attached hydrogen (secondary N) is 1. The van der Waals surface area contributed by atoms with Crippen molar-refractivity contribution >= 4 is 44.8 Å². The summed E-state index contributed by atoms with van der Waals surface area (Å²) in [5.74, 6) is -1.36. The maximum Gasteiger partial charge on any atom is 0.265 e. The van der Waals surface area contributed by atoms with Crippen molar-refractivity contribution in [1.82, 2.24) is 5.32 Å². The minimum Gasteiger partial charge on any atom is -0.354 e. The van der Waals surface area contributed by atoms with Gasteiger partial charge >= 0.3 is 0 Å². The normalized spacial score (nSPS) is 12.2. The first-order valence-corrected chi connectivity index (χ1v) is 13.0. The Kier molecular flexibility index (Phi) is 8.94. The number of anilines is 1. The van der Waals surface area contributed by atoms with Gasteiger partial charge in [0.05, 0.1) is 10.6 Å². The fraction of sp³-hybridized carbons (Fsp3) is 0.240. The molecule has 0 aliphatic carbocycles. The largest absolute Gasteiger partial charge is 0.354 e. The second kappa shape index (κ2) is 11.7. The Bertz CT molecular complexity index is 1220. The molecule has 180 valence electrons. The number of nitrogens with zero attached hydrogens (tertiary/aromatic N) is 1. The number of amides is 1. The predicted octanol–water partition coefficient (Wildman–Crippen LogP) is 5.86. The van der Waals surface area contributed by atoms with E-state index in [1.54, 1.807) is 0 Å². The molecule has 3 aromatic rings. The van der Waals surface area contributed by atoms with Crippen LogP contribution in [0.5, 0.6) is 0 Å². The molecule has 0 heterocycles. The van der Waals surface area contributed by atoms with Crippen LogP contribution in [0.15, 0.2) is 77.7 Å². The van der Waals surface area contributed by atoms with Crippen LogP contribution in [-0.4, -0.2) is 26.9 Å². The van der Waals surface area contributed by atoms with Gasteiger partial charge in [0.25, 0.3) is 10.0 Å². The quantitative estimate of drug-likeness (QED) is 0.339. The zero-order valence-corrected chi connectivity index (χ0v) is 20.9. The highest BCUT2D eigenvalue weighted by Gasteiger charge is 2.35. The van der Waals surface area contributed by atoms with E-state index in [1.807, 2.05) is 30.3 Å². The molecular formula is C25H25Cl2FN2O3S. The summed E-state index contributed by atoms with van der Waals surface area (Å²) in [7, 11) is -4.31. The highest BCUT2D eigenvalue weighted by molar-refractivity contribution is 7.93. The van der Waals surface area contributed by atoms with Crippen molar-refractivity contribution in [3.05, 3.63) is 94.2 Å².